The number of carbonyl (C=O) groups is 1. The second-order valence-corrected chi connectivity index (χ2v) is 4.93. The van der Waals surface area contributed by atoms with Gasteiger partial charge in [-0.05, 0) is 24.7 Å². The third-order valence-electron chi connectivity index (χ3n) is 2.96. The molecular formula is C10H19O3P. The fourth-order valence-electron chi connectivity index (χ4n) is 2.02. The SMILES string of the molecule is COC1C(C=O)OCC(CPC)C1C. The minimum Gasteiger partial charge on any atom is -0.378 e. The molecule has 1 fully saturated rings. The third kappa shape index (κ3) is 2.53. The van der Waals surface area contributed by atoms with Crippen molar-refractivity contribution in [2.75, 3.05) is 26.5 Å². The summed E-state index contributed by atoms with van der Waals surface area (Å²) >= 11 is 0. The van der Waals surface area contributed by atoms with Crippen molar-refractivity contribution < 1.29 is 14.3 Å². The van der Waals surface area contributed by atoms with E-state index >= 15 is 0 Å². The van der Waals surface area contributed by atoms with Gasteiger partial charge < -0.3 is 14.3 Å². The van der Waals surface area contributed by atoms with E-state index in [1.165, 1.54) is 6.16 Å². The Bertz CT molecular complexity index is 186. The van der Waals surface area contributed by atoms with Gasteiger partial charge in [0.15, 0.2) is 6.29 Å². The predicted molar refractivity (Wildman–Crippen MR) is 58.4 cm³/mol. The molecule has 0 bridgehead atoms. The second kappa shape index (κ2) is 5.79. The summed E-state index contributed by atoms with van der Waals surface area (Å²) in [6.07, 6.45) is 1.59. The largest absolute Gasteiger partial charge is 0.378 e. The molecule has 4 heteroatoms. The highest BCUT2D eigenvalue weighted by Gasteiger charge is 2.37. The summed E-state index contributed by atoms with van der Waals surface area (Å²) < 4.78 is 10.8. The van der Waals surface area contributed by atoms with E-state index in [1.807, 2.05) is 0 Å². The quantitative estimate of drug-likeness (QED) is 0.524. The van der Waals surface area contributed by atoms with Crippen molar-refractivity contribution in [1.82, 2.24) is 0 Å². The van der Waals surface area contributed by atoms with Gasteiger partial charge in [-0.25, -0.2) is 0 Å². The molecule has 1 heterocycles. The van der Waals surface area contributed by atoms with Crippen molar-refractivity contribution in [3.8, 4) is 0 Å². The molecule has 1 rings (SSSR count). The highest BCUT2D eigenvalue weighted by Crippen LogP contribution is 2.30. The van der Waals surface area contributed by atoms with E-state index in [2.05, 4.69) is 13.6 Å². The summed E-state index contributed by atoms with van der Waals surface area (Å²) in [7, 11) is 2.59. The molecule has 82 valence electrons. The number of aldehydes is 1. The maximum atomic E-state index is 10.7. The fraction of sp³-hybridized carbons (Fsp3) is 0.900. The molecule has 1 aliphatic heterocycles. The fourth-order valence-corrected chi connectivity index (χ4v) is 3.04. The minimum atomic E-state index is -0.369. The zero-order chi connectivity index (χ0) is 10.6. The first kappa shape index (κ1) is 12.1. The van der Waals surface area contributed by atoms with Gasteiger partial charge in [-0.1, -0.05) is 6.92 Å². The Morgan fingerprint density at radius 2 is 2.36 bits per heavy atom. The molecule has 0 aromatic rings. The highest BCUT2D eigenvalue weighted by molar-refractivity contribution is 7.36. The van der Waals surface area contributed by atoms with E-state index in [0.29, 0.717) is 18.4 Å². The lowest BCUT2D eigenvalue weighted by molar-refractivity contribution is -0.152. The number of carbonyl (C=O) groups excluding carboxylic acids is 1. The van der Waals surface area contributed by atoms with Gasteiger partial charge >= 0.3 is 0 Å². The Balaban J connectivity index is 2.60. The molecule has 1 saturated heterocycles. The van der Waals surface area contributed by atoms with Crippen molar-refractivity contribution in [2.24, 2.45) is 11.8 Å². The zero-order valence-corrected chi connectivity index (χ0v) is 10.0. The predicted octanol–water partition coefficient (Wildman–Crippen LogP) is 1.16. The molecule has 0 saturated carbocycles. The van der Waals surface area contributed by atoms with Crippen LogP contribution in [0.2, 0.25) is 0 Å². The van der Waals surface area contributed by atoms with Crippen LogP contribution < -0.4 is 0 Å². The van der Waals surface area contributed by atoms with E-state index in [1.54, 1.807) is 7.11 Å². The summed E-state index contributed by atoms with van der Waals surface area (Å²) in [6, 6.07) is 0. The van der Waals surface area contributed by atoms with Crippen molar-refractivity contribution in [2.45, 2.75) is 19.1 Å². The van der Waals surface area contributed by atoms with Crippen LogP contribution in [0.25, 0.3) is 0 Å². The molecule has 5 atom stereocenters. The number of hydrogen-bond acceptors (Lipinski definition) is 3. The van der Waals surface area contributed by atoms with Crippen molar-refractivity contribution >= 4 is 14.9 Å². The van der Waals surface area contributed by atoms with Crippen LogP contribution in [0.3, 0.4) is 0 Å². The van der Waals surface area contributed by atoms with E-state index in [9.17, 15) is 4.79 Å². The summed E-state index contributed by atoms with van der Waals surface area (Å²) in [4.78, 5) is 10.7. The Kier molecular flexibility index (Phi) is 5.00. The minimum absolute atomic E-state index is 0.0670. The standard InChI is InChI=1S/C10H19O3P/c1-7-8(6-14-3)5-13-9(4-11)10(7)12-2/h4,7-10,14H,5-6H2,1-3H3. The molecule has 5 unspecified atom stereocenters. The summed E-state index contributed by atoms with van der Waals surface area (Å²) in [6.45, 7) is 5.05. The first-order valence-corrected chi connectivity index (χ1v) is 6.69. The van der Waals surface area contributed by atoms with Gasteiger partial charge in [-0.2, -0.15) is 0 Å². The van der Waals surface area contributed by atoms with Gasteiger partial charge in [0.1, 0.15) is 6.10 Å². The lowest BCUT2D eigenvalue weighted by Crippen LogP contribution is -2.47. The van der Waals surface area contributed by atoms with E-state index < -0.39 is 0 Å². The van der Waals surface area contributed by atoms with Gasteiger partial charge in [0.05, 0.1) is 12.7 Å². The highest BCUT2D eigenvalue weighted by atomic mass is 31.1. The maximum Gasteiger partial charge on any atom is 0.151 e. The van der Waals surface area contributed by atoms with Crippen LogP contribution >= 0.6 is 8.58 Å². The molecule has 3 nitrogen and oxygen atoms in total. The zero-order valence-electron chi connectivity index (χ0n) is 9.03. The van der Waals surface area contributed by atoms with Crippen molar-refractivity contribution in [1.29, 1.82) is 0 Å². The average molecular weight is 218 g/mol. The van der Waals surface area contributed by atoms with E-state index in [4.69, 9.17) is 9.47 Å². The van der Waals surface area contributed by atoms with Gasteiger partial charge in [0.2, 0.25) is 0 Å². The Hall–Kier alpha value is 0.0200. The van der Waals surface area contributed by atoms with Gasteiger partial charge in [0.25, 0.3) is 0 Å². The maximum absolute atomic E-state index is 10.7. The van der Waals surface area contributed by atoms with Crippen LogP contribution in [0.4, 0.5) is 0 Å². The van der Waals surface area contributed by atoms with E-state index in [0.717, 1.165) is 14.9 Å². The van der Waals surface area contributed by atoms with E-state index in [-0.39, 0.29) is 12.2 Å². The van der Waals surface area contributed by atoms with Crippen LogP contribution in [0.1, 0.15) is 6.92 Å². The first-order chi connectivity index (χ1) is 6.74. The smallest absolute Gasteiger partial charge is 0.151 e. The summed E-state index contributed by atoms with van der Waals surface area (Å²) in [5.74, 6) is 0.955. The van der Waals surface area contributed by atoms with Crippen molar-refractivity contribution in [3.63, 3.8) is 0 Å². The topological polar surface area (TPSA) is 35.5 Å². The molecule has 0 N–H and O–H groups in total. The molecule has 1 aliphatic rings. The Labute approximate surface area is 87.3 Å². The number of hydrogen-bond donors (Lipinski definition) is 0. The molecule has 14 heavy (non-hydrogen) atoms. The van der Waals surface area contributed by atoms with Crippen LogP contribution in [0.5, 0.6) is 0 Å². The molecular weight excluding hydrogens is 199 g/mol. The van der Waals surface area contributed by atoms with Crippen LogP contribution in [-0.4, -0.2) is 45.0 Å². The number of methoxy groups -OCH3 is 1. The van der Waals surface area contributed by atoms with Gasteiger partial charge in [-0.3, -0.25) is 0 Å². The summed E-state index contributed by atoms with van der Waals surface area (Å²) in [5, 5.41) is 0. The summed E-state index contributed by atoms with van der Waals surface area (Å²) in [5.41, 5.74) is 0. The second-order valence-electron chi connectivity index (χ2n) is 3.81. The lowest BCUT2D eigenvalue weighted by Gasteiger charge is -2.38. The molecule has 0 aromatic heterocycles. The molecule has 0 aromatic carbocycles. The average Bonchev–Trinajstić information content (AvgIpc) is 2.21. The number of ether oxygens (including phenoxy) is 2. The van der Waals surface area contributed by atoms with Crippen LogP contribution in [-0.2, 0) is 14.3 Å². The van der Waals surface area contributed by atoms with Crippen LogP contribution in [0.15, 0.2) is 0 Å². The van der Waals surface area contributed by atoms with Gasteiger partial charge in [-0.15, -0.1) is 8.58 Å². The molecule has 0 aliphatic carbocycles. The monoisotopic (exact) mass is 218 g/mol. The third-order valence-corrected chi connectivity index (χ3v) is 3.89. The Morgan fingerprint density at radius 3 is 2.86 bits per heavy atom. The number of rotatable bonds is 4. The van der Waals surface area contributed by atoms with Crippen molar-refractivity contribution in [3.05, 3.63) is 0 Å². The first-order valence-electron chi connectivity index (χ1n) is 4.98. The lowest BCUT2D eigenvalue weighted by atomic mass is 9.86. The molecule has 0 radical (unpaired) electrons. The molecule has 0 spiro atoms. The Morgan fingerprint density at radius 1 is 1.64 bits per heavy atom. The molecule has 0 amide bonds. The normalized spacial score (nSPS) is 39.1. The van der Waals surface area contributed by atoms with Gasteiger partial charge in [0, 0.05) is 7.11 Å². The van der Waals surface area contributed by atoms with Crippen LogP contribution in [0, 0.1) is 11.8 Å².